The number of hydrazine groups is 1. The van der Waals surface area contributed by atoms with Crippen molar-refractivity contribution in [1.29, 1.82) is 0 Å². The number of rotatable bonds is 3. The van der Waals surface area contributed by atoms with Crippen molar-refractivity contribution in [2.45, 2.75) is 0 Å². The number of carboxylic acid groups (broad SMARTS) is 1. The first kappa shape index (κ1) is 14.0. The van der Waals surface area contributed by atoms with Crippen LogP contribution in [0, 0.1) is 4.91 Å². The van der Waals surface area contributed by atoms with Crippen molar-refractivity contribution in [3.63, 3.8) is 0 Å². The number of hydrogen-bond donors (Lipinski definition) is 1. The molecule has 3 rings (SSSR count). The maximum Gasteiger partial charge on any atom is 0.329 e. The second-order valence-corrected chi connectivity index (χ2v) is 4.99. The van der Waals surface area contributed by atoms with Crippen molar-refractivity contribution in [3.05, 3.63) is 76.7 Å². The lowest BCUT2D eigenvalue weighted by molar-refractivity contribution is -0.550. The topological polar surface area (TPSA) is 60.6 Å². The summed E-state index contributed by atoms with van der Waals surface area (Å²) < 4.78 is 0. The number of aliphatic carboxylic acids is 1. The molecule has 1 aliphatic heterocycles. The fourth-order valence-electron chi connectivity index (χ4n) is 2.61. The Morgan fingerprint density at radius 1 is 1.09 bits per heavy atom. The van der Waals surface area contributed by atoms with Crippen LogP contribution < -0.4 is 5.01 Å². The van der Waals surface area contributed by atoms with Gasteiger partial charge in [0, 0.05) is 5.56 Å². The number of para-hydroxylation sites is 1. The highest BCUT2D eigenvalue weighted by Gasteiger charge is 2.30. The number of nitroso groups, excluding NO2 is 1. The van der Waals surface area contributed by atoms with E-state index in [2.05, 4.69) is 0 Å². The van der Waals surface area contributed by atoms with E-state index >= 15 is 0 Å². The molecule has 0 saturated heterocycles. The van der Waals surface area contributed by atoms with Gasteiger partial charge in [-0.15, -0.1) is 0 Å². The number of hydrogen-bond acceptors (Lipinski definition) is 2. The number of carbonyl (C=O) groups is 1. The molecule has 0 bridgehead atoms. The van der Waals surface area contributed by atoms with E-state index in [1.165, 1.54) is 5.01 Å². The molecule has 0 spiro atoms. The molecule has 5 heteroatoms. The highest BCUT2D eigenvalue weighted by Crippen LogP contribution is 2.33. The van der Waals surface area contributed by atoms with Gasteiger partial charge in [0.05, 0.1) is 4.91 Å². The molecule has 0 saturated carbocycles. The van der Waals surface area contributed by atoms with Gasteiger partial charge in [-0.05, 0) is 23.3 Å². The highest BCUT2D eigenvalue weighted by molar-refractivity contribution is 5.87. The van der Waals surface area contributed by atoms with Crippen molar-refractivity contribution in [2.75, 3.05) is 18.1 Å². The zero-order valence-electron chi connectivity index (χ0n) is 11.8. The zero-order valence-corrected chi connectivity index (χ0v) is 11.8. The lowest BCUT2D eigenvalue weighted by Gasteiger charge is -2.15. The van der Waals surface area contributed by atoms with Crippen molar-refractivity contribution in [2.24, 2.45) is 0 Å². The van der Waals surface area contributed by atoms with Gasteiger partial charge in [0.1, 0.15) is 10.6 Å². The Hall–Kier alpha value is -2.95. The van der Waals surface area contributed by atoms with Gasteiger partial charge in [0.15, 0.2) is 6.54 Å². The van der Waals surface area contributed by atoms with Crippen LogP contribution in [0.3, 0.4) is 0 Å². The number of anilines is 1. The third-order valence-electron chi connectivity index (χ3n) is 3.56. The molecule has 0 radical (unpaired) electrons. The van der Waals surface area contributed by atoms with E-state index in [-0.39, 0.29) is 13.1 Å². The number of carboxylic acids is 1. The molecule has 2 aromatic rings. The molecule has 5 nitrogen and oxygen atoms in total. The van der Waals surface area contributed by atoms with Gasteiger partial charge >= 0.3 is 5.97 Å². The smallest absolute Gasteiger partial charge is 0.329 e. The summed E-state index contributed by atoms with van der Waals surface area (Å²) >= 11 is 0. The predicted molar refractivity (Wildman–Crippen MR) is 83.4 cm³/mol. The van der Waals surface area contributed by atoms with E-state index < -0.39 is 5.97 Å². The van der Waals surface area contributed by atoms with Crippen LogP contribution in [0.5, 0.6) is 0 Å². The Morgan fingerprint density at radius 2 is 1.77 bits per heavy atom. The second-order valence-electron chi connectivity index (χ2n) is 4.99. The van der Waals surface area contributed by atoms with Crippen LogP contribution in [0.25, 0.3) is 5.57 Å². The van der Waals surface area contributed by atoms with E-state index in [0.717, 1.165) is 16.7 Å². The number of nitrogens with zero attached hydrogens (tertiary/aromatic N) is 2. The number of fused-ring (bicyclic) bond motifs is 1. The van der Waals surface area contributed by atoms with Crippen molar-refractivity contribution < 1.29 is 14.8 Å². The summed E-state index contributed by atoms with van der Waals surface area (Å²) in [5.41, 5.74) is 3.39. The van der Waals surface area contributed by atoms with E-state index in [4.69, 9.17) is 5.11 Å². The molecular weight excluding hydrogens is 280 g/mol. The molecule has 0 unspecified atom stereocenters. The second kappa shape index (κ2) is 5.81. The fourth-order valence-corrected chi connectivity index (χ4v) is 2.61. The van der Waals surface area contributed by atoms with Crippen molar-refractivity contribution >= 4 is 17.2 Å². The molecule has 1 aliphatic rings. The summed E-state index contributed by atoms with van der Waals surface area (Å²) in [5.74, 6) is -1.04. The van der Waals surface area contributed by atoms with Crippen molar-refractivity contribution in [1.82, 2.24) is 0 Å². The predicted octanol–water partition coefficient (Wildman–Crippen LogP) is 2.72. The van der Waals surface area contributed by atoms with Crippen LogP contribution >= 0.6 is 0 Å². The molecule has 0 aliphatic carbocycles. The largest absolute Gasteiger partial charge is 0.480 e. The third-order valence-corrected chi connectivity index (χ3v) is 3.56. The Bertz CT molecular complexity index is 754. The standard InChI is InChI=1S/C17H14N2O3/c20-17(21)12-18-16-9-5-4-8-15(16)14(10-11-19(18)22)13-6-2-1-3-7-13/h1-10H,11-12H2/p+1. The van der Waals surface area contributed by atoms with Crippen LogP contribution in [0.1, 0.15) is 11.1 Å². The van der Waals surface area contributed by atoms with Gasteiger partial charge in [-0.1, -0.05) is 53.5 Å². The third kappa shape index (κ3) is 2.61. The molecule has 110 valence electrons. The van der Waals surface area contributed by atoms with Gasteiger partial charge in [-0.25, -0.2) is 0 Å². The summed E-state index contributed by atoms with van der Waals surface area (Å²) in [6.45, 7) is -0.261. The summed E-state index contributed by atoms with van der Waals surface area (Å²) in [7, 11) is 0. The summed E-state index contributed by atoms with van der Waals surface area (Å²) in [6, 6.07) is 17.1. The van der Waals surface area contributed by atoms with Crippen LogP contribution in [-0.2, 0) is 4.79 Å². The lowest BCUT2D eigenvalue weighted by Crippen LogP contribution is -2.37. The van der Waals surface area contributed by atoms with Gasteiger partial charge in [-0.3, -0.25) is 4.79 Å². The van der Waals surface area contributed by atoms with Gasteiger partial charge in [-0.2, -0.15) is 0 Å². The fraction of sp³-hybridized carbons (Fsp3) is 0.118. The average molecular weight is 295 g/mol. The summed E-state index contributed by atoms with van der Waals surface area (Å²) in [4.78, 5) is 24.0. The molecule has 0 fully saturated rings. The minimum Gasteiger partial charge on any atom is -0.480 e. The van der Waals surface area contributed by atoms with E-state index in [0.29, 0.717) is 10.6 Å². The molecule has 0 atom stereocenters. The molecule has 0 aromatic heterocycles. The van der Waals surface area contributed by atoms with Crippen molar-refractivity contribution in [3.8, 4) is 0 Å². The Morgan fingerprint density at radius 3 is 2.50 bits per heavy atom. The van der Waals surface area contributed by atoms with Crippen LogP contribution in [0.4, 0.5) is 5.69 Å². The Labute approximate surface area is 127 Å². The van der Waals surface area contributed by atoms with Crippen LogP contribution in [0.2, 0.25) is 0 Å². The lowest BCUT2D eigenvalue weighted by atomic mass is 9.96. The summed E-state index contributed by atoms with van der Waals surface area (Å²) in [5, 5.41) is 10.3. The van der Waals surface area contributed by atoms with Gasteiger partial charge in [0.25, 0.3) is 0 Å². The van der Waals surface area contributed by atoms with Gasteiger partial charge in [0.2, 0.25) is 6.54 Å². The van der Waals surface area contributed by atoms with E-state index in [1.54, 1.807) is 12.1 Å². The maximum absolute atomic E-state index is 12.2. The quantitative estimate of drug-likeness (QED) is 0.884. The maximum atomic E-state index is 12.2. The number of benzene rings is 2. The summed E-state index contributed by atoms with van der Waals surface area (Å²) in [6.07, 6.45) is 1.84. The van der Waals surface area contributed by atoms with Crippen LogP contribution in [-0.4, -0.2) is 29.0 Å². The Balaban J connectivity index is 2.14. The molecule has 1 heterocycles. The molecule has 2 aromatic carbocycles. The van der Waals surface area contributed by atoms with E-state index in [9.17, 15) is 9.70 Å². The first-order chi connectivity index (χ1) is 10.7. The molecular formula is C17H15N2O3+. The zero-order chi connectivity index (χ0) is 15.5. The SMILES string of the molecule is O=C(O)CN1c2ccccc2C(c2ccccc2)=CC[N+]1=O. The Kier molecular flexibility index (Phi) is 3.70. The first-order valence-corrected chi connectivity index (χ1v) is 6.95. The van der Waals surface area contributed by atoms with Crippen LogP contribution in [0.15, 0.2) is 60.7 Å². The monoisotopic (exact) mass is 295 g/mol. The first-order valence-electron chi connectivity index (χ1n) is 6.95. The minimum absolute atomic E-state index is 0.103. The van der Waals surface area contributed by atoms with Gasteiger partial charge < -0.3 is 5.11 Å². The molecule has 0 amide bonds. The molecule has 1 N–H and O–H groups in total. The minimum atomic E-state index is -1.04. The molecule has 22 heavy (non-hydrogen) atoms. The highest BCUT2D eigenvalue weighted by atomic mass is 16.4. The average Bonchev–Trinajstić information content (AvgIpc) is 2.66. The van der Waals surface area contributed by atoms with E-state index in [1.807, 2.05) is 48.5 Å². The normalized spacial score (nSPS) is 14.1.